The van der Waals surface area contributed by atoms with Crippen molar-refractivity contribution in [2.75, 3.05) is 31.1 Å². The summed E-state index contributed by atoms with van der Waals surface area (Å²) in [6, 6.07) is 18.0. The fourth-order valence-electron chi connectivity index (χ4n) is 3.90. The molecule has 0 aliphatic carbocycles. The maximum absolute atomic E-state index is 13.3. The van der Waals surface area contributed by atoms with E-state index in [1.54, 1.807) is 24.3 Å². The highest BCUT2D eigenvalue weighted by Crippen LogP contribution is 2.25. The van der Waals surface area contributed by atoms with Crippen molar-refractivity contribution in [1.82, 2.24) is 14.5 Å². The molecule has 0 bridgehead atoms. The summed E-state index contributed by atoms with van der Waals surface area (Å²) in [5.41, 5.74) is 2.96. The van der Waals surface area contributed by atoms with E-state index in [-0.39, 0.29) is 11.7 Å². The molecule has 1 aliphatic heterocycles. The maximum atomic E-state index is 13.3. The molecule has 0 radical (unpaired) electrons. The number of amides is 1. The number of hydrogen-bond donors (Lipinski definition) is 0. The minimum atomic E-state index is -0.244. The number of nitrogens with zero attached hydrogens (tertiary/aromatic N) is 4. The van der Waals surface area contributed by atoms with Crippen LogP contribution in [0.3, 0.4) is 0 Å². The highest BCUT2D eigenvalue weighted by molar-refractivity contribution is 5.91. The SMILES string of the molecule is O=C(c1ccco1)N1CCN(c2nc3ccccc3n2Cc2ccc(F)cc2)CC1. The lowest BCUT2D eigenvalue weighted by Gasteiger charge is -2.35. The average Bonchev–Trinajstić information content (AvgIpc) is 3.44. The number of para-hydroxylation sites is 2. The topological polar surface area (TPSA) is 54.5 Å². The molecule has 30 heavy (non-hydrogen) atoms. The van der Waals surface area contributed by atoms with E-state index in [4.69, 9.17) is 9.40 Å². The van der Waals surface area contributed by atoms with Crippen LogP contribution in [0.2, 0.25) is 0 Å². The van der Waals surface area contributed by atoms with Gasteiger partial charge in [-0.25, -0.2) is 9.37 Å². The molecule has 1 amide bonds. The van der Waals surface area contributed by atoms with Crippen LogP contribution in [0.1, 0.15) is 16.1 Å². The van der Waals surface area contributed by atoms with Gasteiger partial charge in [0.1, 0.15) is 5.82 Å². The lowest BCUT2D eigenvalue weighted by atomic mass is 10.2. The van der Waals surface area contributed by atoms with E-state index in [2.05, 4.69) is 9.47 Å². The summed E-state index contributed by atoms with van der Waals surface area (Å²) in [4.78, 5) is 21.4. The number of rotatable bonds is 4. The van der Waals surface area contributed by atoms with Crippen LogP contribution in [0.25, 0.3) is 11.0 Å². The van der Waals surface area contributed by atoms with Crippen LogP contribution in [-0.4, -0.2) is 46.5 Å². The number of halogens is 1. The molecule has 3 heterocycles. The monoisotopic (exact) mass is 404 g/mol. The van der Waals surface area contributed by atoms with Gasteiger partial charge in [-0.05, 0) is 42.0 Å². The lowest BCUT2D eigenvalue weighted by Crippen LogP contribution is -2.49. The zero-order chi connectivity index (χ0) is 20.5. The number of aromatic nitrogens is 2. The number of furan rings is 1. The van der Waals surface area contributed by atoms with Gasteiger partial charge in [-0.15, -0.1) is 0 Å². The molecule has 0 atom stereocenters. The van der Waals surface area contributed by atoms with E-state index < -0.39 is 0 Å². The van der Waals surface area contributed by atoms with Crippen LogP contribution in [-0.2, 0) is 6.54 Å². The number of piperazine rings is 1. The Morgan fingerprint density at radius 2 is 1.73 bits per heavy atom. The van der Waals surface area contributed by atoms with Crippen LogP contribution < -0.4 is 4.90 Å². The van der Waals surface area contributed by atoms with Gasteiger partial charge >= 0.3 is 0 Å². The molecule has 152 valence electrons. The first-order chi connectivity index (χ1) is 14.7. The van der Waals surface area contributed by atoms with E-state index in [9.17, 15) is 9.18 Å². The number of benzene rings is 2. The van der Waals surface area contributed by atoms with Gasteiger partial charge in [-0.3, -0.25) is 4.79 Å². The molecule has 7 heteroatoms. The van der Waals surface area contributed by atoms with Crippen molar-refractivity contribution in [3.63, 3.8) is 0 Å². The van der Waals surface area contributed by atoms with E-state index in [1.165, 1.54) is 18.4 Å². The summed E-state index contributed by atoms with van der Waals surface area (Å²) in [6.07, 6.45) is 1.52. The molecule has 1 fully saturated rings. The minimum Gasteiger partial charge on any atom is -0.459 e. The Morgan fingerprint density at radius 1 is 0.967 bits per heavy atom. The summed E-state index contributed by atoms with van der Waals surface area (Å²) < 4.78 is 20.7. The van der Waals surface area contributed by atoms with Gasteiger partial charge in [0, 0.05) is 26.2 Å². The van der Waals surface area contributed by atoms with Crippen molar-refractivity contribution >= 4 is 22.9 Å². The standard InChI is InChI=1S/C23H21FN4O2/c24-18-9-7-17(8-10-18)16-28-20-5-2-1-4-19(20)25-23(28)27-13-11-26(12-14-27)22(29)21-6-3-15-30-21/h1-10,15H,11-14,16H2. The highest BCUT2D eigenvalue weighted by atomic mass is 19.1. The largest absolute Gasteiger partial charge is 0.459 e. The Hall–Kier alpha value is -3.61. The Balaban J connectivity index is 1.40. The van der Waals surface area contributed by atoms with Crippen LogP contribution in [0, 0.1) is 5.82 Å². The van der Waals surface area contributed by atoms with Crippen LogP contribution in [0.5, 0.6) is 0 Å². The Bertz CT molecular complexity index is 1160. The fraction of sp³-hybridized carbons (Fsp3) is 0.217. The second kappa shape index (κ2) is 7.67. The number of hydrogen-bond acceptors (Lipinski definition) is 4. The molecule has 0 saturated carbocycles. The van der Waals surface area contributed by atoms with Gasteiger partial charge in [0.15, 0.2) is 5.76 Å². The molecule has 0 unspecified atom stereocenters. The normalized spacial score (nSPS) is 14.4. The van der Waals surface area contributed by atoms with Crippen molar-refractivity contribution in [3.05, 3.63) is 84.1 Å². The molecule has 0 spiro atoms. The molecular formula is C23H21FN4O2. The first-order valence-electron chi connectivity index (χ1n) is 9.96. The molecule has 6 nitrogen and oxygen atoms in total. The molecule has 4 aromatic rings. The fourth-order valence-corrected chi connectivity index (χ4v) is 3.90. The molecule has 0 N–H and O–H groups in total. The predicted octanol–water partition coefficient (Wildman–Crippen LogP) is 3.78. The number of carbonyl (C=O) groups excluding carboxylic acids is 1. The van der Waals surface area contributed by atoms with Gasteiger partial charge in [-0.1, -0.05) is 24.3 Å². The van der Waals surface area contributed by atoms with Gasteiger partial charge in [0.05, 0.1) is 23.8 Å². The maximum Gasteiger partial charge on any atom is 0.289 e. The third kappa shape index (κ3) is 3.43. The highest BCUT2D eigenvalue weighted by Gasteiger charge is 2.26. The molecule has 2 aromatic carbocycles. The van der Waals surface area contributed by atoms with Gasteiger partial charge in [-0.2, -0.15) is 0 Å². The van der Waals surface area contributed by atoms with Crippen molar-refractivity contribution in [2.24, 2.45) is 0 Å². The van der Waals surface area contributed by atoms with Crippen molar-refractivity contribution in [2.45, 2.75) is 6.54 Å². The van der Waals surface area contributed by atoms with Crippen molar-refractivity contribution in [1.29, 1.82) is 0 Å². The lowest BCUT2D eigenvalue weighted by molar-refractivity contribution is 0.0714. The third-order valence-corrected chi connectivity index (χ3v) is 5.47. The zero-order valence-corrected chi connectivity index (χ0v) is 16.4. The summed E-state index contributed by atoms with van der Waals surface area (Å²) >= 11 is 0. The van der Waals surface area contributed by atoms with Gasteiger partial charge in [0.25, 0.3) is 5.91 Å². The second-order valence-corrected chi connectivity index (χ2v) is 7.37. The van der Waals surface area contributed by atoms with E-state index >= 15 is 0 Å². The Kier molecular flexibility index (Phi) is 4.71. The van der Waals surface area contributed by atoms with Crippen LogP contribution in [0.15, 0.2) is 71.3 Å². The predicted molar refractivity (Wildman–Crippen MR) is 112 cm³/mol. The Labute approximate surface area is 173 Å². The van der Waals surface area contributed by atoms with Crippen molar-refractivity contribution in [3.8, 4) is 0 Å². The Morgan fingerprint density at radius 3 is 2.47 bits per heavy atom. The van der Waals surface area contributed by atoms with Crippen molar-refractivity contribution < 1.29 is 13.6 Å². The molecule has 1 saturated heterocycles. The zero-order valence-electron chi connectivity index (χ0n) is 16.4. The summed E-state index contributed by atoms with van der Waals surface area (Å²) in [5.74, 6) is 0.906. The van der Waals surface area contributed by atoms with Gasteiger partial charge in [0.2, 0.25) is 5.95 Å². The summed E-state index contributed by atoms with van der Waals surface area (Å²) in [7, 11) is 0. The van der Waals surface area contributed by atoms with E-state index in [0.29, 0.717) is 38.5 Å². The molecule has 1 aliphatic rings. The van der Waals surface area contributed by atoms with E-state index in [0.717, 1.165) is 22.5 Å². The summed E-state index contributed by atoms with van der Waals surface area (Å²) in [5, 5.41) is 0. The average molecular weight is 404 g/mol. The van der Waals surface area contributed by atoms with E-state index in [1.807, 2.05) is 29.2 Å². The van der Waals surface area contributed by atoms with Crippen LogP contribution >= 0.6 is 0 Å². The number of carbonyl (C=O) groups is 1. The number of anilines is 1. The first-order valence-corrected chi connectivity index (χ1v) is 9.96. The third-order valence-electron chi connectivity index (χ3n) is 5.47. The minimum absolute atomic E-state index is 0.0838. The summed E-state index contributed by atoms with van der Waals surface area (Å²) in [6.45, 7) is 3.15. The number of fused-ring (bicyclic) bond motifs is 1. The molecule has 5 rings (SSSR count). The second-order valence-electron chi connectivity index (χ2n) is 7.37. The molecular weight excluding hydrogens is 383 g/mol. The number of imidazole rings is 1. The first kappa shape index (κ1) is 18.4. The van der Waals surface area contributed by atoms with Crippen LogP contribution in [0.4, 0.5) is 10.3 Å². The smallest absolute Gasteiger partial charge is 0.289 e. The quantitative estimate of drug-likeness (QED) is 0.520. The molecule has 2 aromatic heterocycles. The van der Waals surface area contributed by atoms with Gasteiger partial charge < -0.3 is 18.8 Å².